The van der Waals surface area contributed by atoms with Crippen LogP contribution in [0.4, 0.5) is 5.69 Å². The van der Waals surface area contributed by atoms with Crippen molar-refractivity contribution in [2.24, 2.45) is 4.99 Å². The Bertz CT molecular complexity index is 1230. The number of nitrogens with zero attached hydrogens (tertiary/aromatic N) is 3. The molecule has 0 bridgehead atoms. The molecule has 2 aromatic carbocycles. The van der Waals surface area contributed by atoms with E-state index in [4.69, 9.17) is 13.9 Å². The maximum absolute atomic E-state index is 12.8. The molecule has 0 aromatic heterocycles. The minimum absolute atomic E-state index is 0.261. The van der Waals surface area contributed by atoms with Crippen molar-refractivity contribution in [3.8, 4) is 0 Å². The van der Waals surface area contributed by atoms with Crippen molar-refractivity contribution >= 4 is 44.3 Å². The Kier molecular flexibility index (Phi) is 7.32. The highest BCUT2D eigenvalue weighted by Crippen LogP contribution is 2.28. The van der Waals surface area contributed by atoms with E-state index < -0.39 is 27.2 Å². The molecule has 1 fully saturated rings. The Labute approximate surface area is 201 Å². The molecule has 0 N–H and O–H groups in total. The van der Waals surface area contributed by atoms with Crippen molar-refractivity contribution in [2.75, 3.05) is 20.2 Å². The predicted octanol–water partition coefficient (Wildman–Crippen LogP) is 3.27. The molecule has 11 heteroatoms. The molecule has 1 saturated heterocycles. The summed E-state index contributed by atoms with van der Waals surface area (Å²) in [7, 11) is -2.72. The number of aliphatic imine (C=N–C) groups is 1. The summed E-state index contributed by atoms with van der Waals surface area (Å²) in [6, 6.07) is 15.0. The van der Waals surface area contributed by atoms with Crippen molar-refractivity contribution in [1.29, 1.82) is 0 Å². The zero-order valence-corrected chi connectivity index (χ0v) is 20.7. The van der Waals surface area contributed by atoms with Gasteiger partial charge >= 0.3 is 0 Å². The third-order valence-corrected chi connectivity index (χ3v) is 8.63. The average Bonchev–Trinajstić information content (AvgIpc) is 3.22. The number of non-ortho nitro benzene ring substituents is 1. The van der Waals surface area contributed by atoms with Crippen molar-refractivity contribution in [3.05, 3.63) is 82.2 Å². The molecule has 4 rings (SSSR count). The van der Waals surface area contributed by atoms with E-state index in [-0.39, 0.29) is 37.9 Å². The molecular weight excluding hydrogens is 561 g/mol. The van der Waals surface area contributed by atoms with Crippen molar-refractivity contribution in [3.63, 3.8) is 0 Å². The van der Waals surface area contributed by atoms with E-state index in [1.54, 1.807) is 0 Å². The fraction of sp³-hybridized carbons (Fsp3) is 0.273. The van der Waals surface area contributed by atoms with Gasteiger partial charge in [0.15, 0.2) is 0 Å². The van der Waals surface area contributed by atoms with Crippen LogP contribution in [0.1, 0.15) is 5.56 Å². The van der Waals surface area contributed by atoms with Gasteiger partial charge in [0.2, 0.25) is 0 Å². The van der Waals surface area contributed by atoms with E-state index in [0.717, 1.165) is 22.0 Å². The predicted molar refractivity (Wildman–Crippen MR) is 133 cm³/mol. The van der Waals surface area contributed by atoms with E-state index in [0.29, 0.717) is 6.54 Å². The van der Waals surface area contributed by atoms with E-state index in [2.05, 4.69) is 16.1 Å². The number of ether oxygens (including phenoxy) is 1. The third kappa shape index (κ3) is 5.72. The van der Waals surface area contributed by atoms with Crippen LogP contribution in [0, 0.1) is 10.1 Å². The summed E-state index contributed by atoms with van der Waals surface area (Å²) in [5.74, 6) is 0.757. The van der Waals surface area contributed by atoms with Crippen LogP contribution in [0.15, 0.2) is 76.4 Å². The number of nitro benzene ring substituents is 1. The Morgan fingerprint density at radius 1 is 1.15 bits per heavy atom. The average molecular weight is 583 g/mol. The fourth-order valence-electron chi connectivity index (χ4n) is 3.59. The summed E-state index contributed by atoms with van der Waals surface area (Å²) >= 11 is -0.300. The minimum atomic E-state index is -4.22. The number of hydrogen-bond acceptors (Lipinski definition) is 8. The van der Waals surface area contributed by atoms with Crippen LogP contribution >= 0.6 is 20.7 Å². The third-order valence-electron chi connectivity index (χ3n) is 5.24. The molecule has 2 aliphatic rings. The van der Waals surface area contributed by atoms with Crippen LogP contribution in [0.25, 0.3) is 0 Å². The van der Waals surface area contributed by atoms with E-state index in [1.807, 2.05) is 29.2 Å². The van der Waals surface area contributed by atoms with Gasteiger partial charge in [-0.25, -0.2) is 4.99 Å². The first-order valence-electron chi connectivity index (χ1n) is 10.1. The monoisotopic (exact) mass is 583 g/mol. The lowest BCUT2D eigenvalue weighted by Crippen LogP contribution is -2.31. The van der Waals surface area contributed by atoms with Gasteiger partial charge in [0.1, 0.15) is 22.9 Å². The SMILES string of the molecule is CO[C@@H]1CN(C2=CC=IC(Cc3ccccc3)=N2)C[C@H]1OS(=O)(=O)c1cccc([N+](=O)[O-])c1. The molecule has 2 heterocycles. The lowest BCUT2D eigenvalue weighted by Gasteiger charge is -2.20. The van der Waals surface area contributed by atoms with Gasteiger partial charge in [-0.3, -0.25) is 14.3 Å². The second kappa shape index (κ2) is 10.2. The molecule has 33 heavy (non-hydrogen) atoms. The molecule has 2 aromatic rings. The zero-order chi connectivity index (χ0) is 23.4. The number of rotatable bonds is 8. The van der Waals surface area contributed by atoms with Gasteiger partial charge in [0.25, 0.3) is 15.8 Å². The second-order valence-electron chi connectivity index (χ2n) is 7.43. The Hall–Kier alpha value is -2.48. The highest BCUT2D eigenvalue weighted by Gasteiger charge is 2.38. The van der Waals surface area contributed by atoms with E-state index in [9.17, 15) is 18.5 Å². The highest BCUT2D eigenvalue weighted by molar-refractivity contribution is 14.2. The Balaban J connectivity index is 1.48. The smallest absolute Gasteiger partial charge is 0.297 e. The van der Waals surface area contributed by atoms with Crippen molar-refractivity contribution in [1.82, 2.24) is 4.90 Å². The summed E-state index contributed by atoms with van der Waals surface area (Å²) in [5, 5.41) is 11.0. The van der Waals surface area contributed by atoms with Crippen LogP contribution in [0.5, 0.6) is 0 Å². The first-order chi connectivity index (χ1) is 15.9. The molecule has 0 amide bonds. The number of benzene rings is 2. The fourth-order valence-corrected chi connectivity index (χ4v) is 6.68. The zero-order valence-electron chi connectivity index (χ0n) is 17.7. The first-order valence-corrected chi connectivity index (χ1v) is 13.8. The van der Waals surface area contributed by atoms with Gasteiger partial charge in [-0.05, 0) is 21.7 Å². The summed E-state index contributed by atoms with van der Waals surface area (Å²) in [5.41, 5.74) is 0.883. The van der Waals surface area contributed by atoms with E-state index >= 15 is 0 Å². The van der Waals surface area contributed by atoms with Crippen molar-refractivity contribution < 1.29 is 22.3 Å². The molecule has 2 aliphatic heterocycles. The highest BCUT2D eigenvalue weighted by atomic mass is 127. The van der Waals surface area contributed by atoms with Crippen LogP contribution < -0.4 is 0 Å². The summed E-state index contributed by atoms with van der Waals surface area (Å²) < 4.78 is 39.8. The topological polar surface area (TPSA) is 111 Å². The number of likely N-dealkylation sites (tertiary alicyclic amines) is 1. The summed E-state index contributed by atoms with van der Waals surface area (Å²) in [6.45, 7) is 0.693. The van der Waals surface area contributed by atoms with Gasteiger partial charge in [0.05, 0.1) is 8.64 Å². The van der Waals surface area contributed by atoms with Gasteiger partial charge in [-0.1, -0.05) is 57.1 Å². The molecule has 0 aliphatic carbocycles. The van der Waals surface area contributed by atoms with E-state index in [1.165, 1.54) is 30.9 Å². The first kappa shape index (κ1) is 23.7. The summed E-state index contributed by atoms with van der Waals surface area (Å²) in [6.07, 6.45) is 1.48. The second-order valence-corrected chi connectivity index (χ2v) is 11.6. The molecule has 174 valence electrons. The van der Waals surface area contributed by atoms with Gasteiger partial charge in [-0.15, -0.1) is 0 Å². The van der Waals surface area contributed by atoms with Crippen LogP contribution in [-0.4, -0.2) is 58.4 Å². The van der Waals surface area contributed by atoms with Crippen LogP contribution in [-0.2, 0) is 25.5 Å². The number of methoxy groups -OCH3 is 1. The quantitative estimate of drug-likeness (QED) is 0.203. The number of hydrogen-bond donors (Lipinski definition) is 0. The number of nitro groups is 1. The molecule has 0 unspecified atom stereocenters. The Morgan fingerprint density at radius 2 is 1.91 bits per heavy atom. The Morgan fingerprint density at radius 3 is 2.64 bits per heavy atom. The molecule has 9 nitrogen and oxygen atoms in total. The summed E-state index contributed by atoms with van der Waals surface area (Å²) in [4.78, 5) is 16.9. The van der Waals surface area contributed by atoms with Crippen LogP contribution in [0.2, 0.25) is 0 Å². The molecule has 0 spiro atoms. The molecular formula is C22H22IN3O6S. The minimum Gasteiger partial charge on any atom is -0.377 e. The normalized spacial score (nSPS) is 20.7. The van der Waals surface area contributed by atoms with Gasteiger partial charge in [-0.2, -0.15) is 8.42 Å². The maximum Gasteiger partial charge on any atom is 0.297 e. The molecule has 0 radical (unpaired) electrons. The van der Waals surface area contributed by atoms with Crippen LogP contribution in [0.3, 0.4) is 0 Å². The van der Waals surface area contributed by atoms with Crippen molar-refractivity contribution in [2.45, 2.75) is 23.5 Å². The van der Waals surface area contributed by atoms with Gasteiger partial charge in [0, 0.05) is 38.8 Å². The molecule has 2 atom stereocenters. The molecule has 0 saturated carbocycles. The largest absolute Gasteiger partial charge is 0.377 e. The lowest BCUT2D eigenvalue weighted by molar-refractivity contribution is -0.385. The maximum atomic E-state index is 12.8. The lowest BCUT2D eigenvalue weighted by atomic mass is 10.2. The standard InChI is InChI=1S/C22H22IN3O6S/c1-31-19-14-25(22-10-11-23-21(24-22)12-16-6-3-2-4-7-16)15-20(19)32-33(29,30)18-9-5-8-17(13-18)26(27)28/h2-11,13,19-20H,12,14-15H2,1H3/t19-,20-/m1/s1. The van der Waals surface area contributed by atoms with Gasteiger partial charge < -0.3 is 9.64 Å². The number of allylic oxidation sites excluding steroid dienone is 1. The number of halogens is 1.